The van der Waals surface area contributed by atoms with Crippen LogP contribution in [0.25, 0.3) is 0 Å². The summed E-state index contributed by atoms with van der Waals surface area (Å²) in [6.45, 7) is 6.34. The number of nitrogens with zero attached hydrogens (tertiary/aromatic N) is 2. The molecule has 0 amide bonds. The van der Waals surface area contributed by atoms with Gasteiger partial charge in [-0.15, -0.1) is 0 Å². The minimum Gasteiger partial charge on any atom is -0.497 e. The molecule has 0 aliphatic rings. The van der Waals surface area contributed by atoms with Crippen molar-refractivity contribution >= 4 is 0 Å². The Labute approximate surface area is 239 Å². The smallest absolute Gasteiger partial charge is 0.119 e. The minimum absolute atomic E-state index is 0.465. The summed E-state index contributed by atoms with van der Waals surface area (Å²) in [6, 6.07) is 17.5. The molecule has 0 heterocycles. The molecule has 4 nitrogen and oxygen atoms in total. The van der Waals surface area contributed by atoms with Crippen molar-refractivity contribution < 1.29 is 9.47 Å². The Balaban J connectivity index is 1.92. The first kappa shape index (κ1) is 32.7. The second-order valence-corrected chi connectivity index (χ2v) is 11.4. The first-order valence-corrected chi connectivity index (χ1v) is 15.3. The van der Waals surface area contributed by atoms with Crippen LogP contribution in [0.1, 0.15) is 107 Å². The van der Waals surface area contributed by atoms with Crippen molar-refractivity contribution in [1.29, 1.82) is 5.26 Å². The van der Waals surface area contributed by atoms with Crippen LogP contribution in [0.4, 0.5) is 0 Å². The van der Waals surface area contributed by atoms with E-state index in [9.17, 15) is 5.26 Å². The largest absolute Gasteiger partial charge is 0.497 e. The van der Waals surface area contributed by atoms with Gasteiger partial charge in [0.25, 0.3) is 0 Å². The number of ether oxygens (including phenoxy) is 2. The van der Waals surface area contributed by atoms with Crippen molar-refractivity contribution in [2.45, 2.75) is 109 Å². The second kappa shape index (κ2) is 18.7. The van der Waals surface area contributed by atoms with Gasteiger partial charge in [-0.25, -0.2) is 0 Å². The first-order chi connectivity index (χ1) is 19.0. The van der Waals surface area contributed by atoms with Gasteiger partial charge >= 0.3 is 0 Å². The number of benzene rings is 2. The van der Waals surface area contributed by atoms with Crippen LogP contribution in [0.15, 0.2) is 42.5 Å². The zero-order valence-corrected chi connectivity index (χ0v) is 25.6. The van der Waals surface area contributed by atoms with Crippen LogP contribution in [-0.4, -0.2) is 39.3 Å². The summed E-state index contributed by atoms with van der Waals surface area (Å²) in [5, 5.41) is 10.6. The van der Waals surface area contributed by atoms with Crippen LogP contribution in [-0.2, 0) is 11.8 Å². The molecule has 4 heteroatoms. The van der Waals surface area contributed by atoms with E-state index in [0.717, 1.165) is 67.8 Å². The molecule has 39 heavy (non-hydrogen) atoms. The molecular formula is C35H54N2O2. The molecule has 2 aromatic carbocycles. The minimum atomic E-state index is -0.465. The molecule has 2 aromatic rings. The van der Waals surface area contributed by atoms with E-state index < -0.39 is 5.41 Å². The highest BCUT2D eigenvalue weighted by atomic mass is 16.5. The molecule has 0 aromatic heterocycles. The van der Waals surface area contributed by atoms with Crippen molar-refractivity contribution in [2.24, 2.45) is 0 Å². The molecule has 0 spiro atoms. The first-order valence-electron chi connectivity index (χ1n) is 15.3. The van der Waals surface area contributed by atoms with Crippen LogP contribution < -0.4 is 9.47 Å². The number of nitriles is 1. The van der Waals surface area contributed by atoms with Gasteiger partial charge < -0.3 is 14.4 Å². The summed E-state index contributed by atoms with van der Waals surface area (Å²) in [7, 11) is 5.62. The van der Waals surface area contributed by atoms with E-state index in [1.54, 1.807) is 14.2 Å². The highest BCUT2D eigenvalue weighted by Crippen LogP contribution is 2.37. The number of unbranched alkanes of at least 4 members (excludes halogenated alkanes) is 9. The number of rotatable bonds is 21. The molecule has 2 rings (SSSR count). The van der Waals surface area contributed by atoms with Crippen molar-refractivity contribution in [3.63, 3.8) is 0 Å². The van der Waals surface area contributed by atoms with Crippen LogP contribution in [0, 0.1) is 18.3 Å². The lowest BCUT2D eigenvalue weighted by atomic mass is 9.73. The van der Waals surface area contributed by atoms with Crippen molar-refractivity contribution in [2.75, 3.05) is 34.4 Å². The molecule has 0 saturated heterocycles. The zero-order chi connectivity index (χ0) is 28.3. The van der Waals surface area contributed by atoms with Gasteiger partial charge in [0.2, 0.25) is 0 Å². The summed E-state index contributed by atoms with van der Waals surface area (Å²) in [6.07, 6.45) is 16.9. The van der Waals surface area contributed by atoms with Crippen molar-refractivity contribution in [3.05, 3.63) is 59.2 Å². The highest BCUT2D eigenvalue weighted by Gasteiger charge is 2.32. The Morgan fingerprint density at radius 3 is 2.05 bits per heavy atom. The molecular weight excluding hydrogens is 480 g/mol. The fraction of sp³-hybridized carbons (Fsp3) is 0.629. The molecule has 0 radical (unpaired) electrons. The summed E-state index contributed by atoms with van der Waals surface area (Å²) in [5.41, 5.74) is 3.10. The van der Waals surface area contributed by atoms with Crippen LogP contribution in [0.5, 0.6) is 11.5 Å². The third kappa shape index (κ3) is 12.0. The third-order valence-electron chi connectivity index (χ3n) is 8.07. The monoisotopic (exact) mass is 534 g/mol. The SMILES string of the molecule is CCCCCCCCCCCCC(C#N)(CCCN(C)CCc1cccc(OC)c1)c1cc(C)cc(OC)c1. The van der Waals surface area contributed by atoms with Gasteiger partial charge in [-0.1, -0.05) is 89.3 Å². The fourth-order valence-electron chi connectivity index (χ4n) is 5.56. The Morgan fingerprint density at radius 1 is 0.769 bits per heavy atom. The molecule has 0 fully saturated rings. The van der Waals surface area contributed by atoms with Gasteiger partial charge in [0, 0.05) is 6.54 Å². The van der Waals surface area contributed by atoms with Gasteiger partial charge in [0.05, 0.1) is 25.7 Å². The van der Waals surface area contributed by atoms with Gasteiger partial charge in [0.1, 0.15) is 11.5 Å². The Morgan fingerprint density at radius 2 is 1.41 bits per heavy atom. The Bertz CT molecular complexity index is 983. The maximum Gasteiger partial charge on any atom is 0.119 e. The molecule has 1 atom stereocenters. The molecule has 0 saturated carbocycles. The topological polar surface area (TPSA) is 45.5 Å². The highest BCUT2D eigenvalue weighted by molar-refractivity contribution is 5.41. The number of hydrogen-bond acceptors (Lipinski definition) is 4. The lowest BCUT2D eigenvalue weighted by Gasteiger charge is -2.29. The summed E-state index contributed by atoms with van der Waals surface area (Å²) in [4.78, 5) is 2.39. The lowest BCUT2D eigenvalue weighted by Crippen LogP contribution is -2.28. The van der Waals surface area contributed by atoms with E-state index in [4.69, 9.17) is 9.47 Å². The molecule has 1 unspecified atom stereocenters. The summed E-state index contributed by atoms with van der Waals surface area (Å²) in [5.74, 6) is 1.76. The summed E-state index contributed by atoms with van der Waals surface area (Å²) >= 11 is 0. The normalized spacial score (nSPS) is 12.7. The lowest BCUT2D eigenvalue weighted by molar-refractivity contribution is 0.309. The van der Waals surface area contributed by atoms with Gasteiger partial charge in [0.15, 0.2) is 0 Å². The Kier molecular flexibility index (Phi) is 15.7. The second-order valence-electron chi connectivity index (χ2n) is 11.4. The van der Waals surface area contributed by atoms with Crippen LogP contribution >= 0.6 is 0 Å². The average Bonchev–Trinajstić information content (AvgIpc) is 2.95. The number of aryl methyl sites for hydroxylation is 1. The van der Waals surface area contributed by atoms with E-state index in [0.29, 0.717) is 0 Å². The zero-order valence-electron chi connectivity index (χ0n) is 25.6. The average molecular weight is 535 g/mol. The maximum atomic E-state index is 10.6. The quantitative estimate of drug-likeness (QED) is 0.150. The fourth-order valence-corrected chi connectivity index (χ4v) is 5.56. The van der Waals surface area contributed by atoms with Gasteiger partial charge in [-0.3, -0.25) is 0 Å². The van der Waals surface area contributed by atoms with E-state index in [1.165, 1.54) is 63.4 Å². The van der Waals surface area contributed by atoms with Crippen LogP contribution in [0.3, 0.4) is 0 Å². The standard InChI is InChI=1S/C35H54N2O2/c1-6-7-8-9-10-11-12-13-14-15-21-35(29-36,32-25-30(2)26-34(28-32)39-5)22-17-23-37(3)24-20-31-18-16-19-33(27-31)38-4/h16,18-19,25-28H,6-15,17,20-24H2,1-5H3. The molecule has 0 N–H and O–H groups in total. The van der Waals surface area contributed by atoms with E-state index in [-0.39, 0.29) is 0 Å². The van der Waals surface area contributed by atoms with Gasteiger partial charge in [-0.05, 0) is 87.2 Å². The third-order valence-corrected chi connectivity index (χ3v) is 8.07. The van der Waals surface area contributed by atoms with Gasteiger partial charge in [-0.2, -0.15) is 5.26 Å². The van der Waals surface area contributed by atoms with Crippen molar-refractivity contribution in [3.8, 4) is 17.6 Å². The number of methoxy groups -OCH3 is 2. The van der Waals surface area contributed by atoms with Crippen LogP contribution in [0.2, 0.25) is 0 Å². The molecule has 0 bridgehead atoms. The van der Waals surface area contributed by atoms with E-state index in [1.807, 2.05) is 6.07 Å². The van der Waals surface area contributed by atoms with Crippen molar-refractivity contribution in [1.82, 2.24) is 4.90 Å². The summed E-state index contributed by atoms with van der Waals surface area (Å²) < 4.78 is 11.0. The molecule has 0 aliphatic carbocycles. The number of likely N-dealkylation sites (N-methyl/N-ethyl adjacent to an activating group) is 1. The predicted molar refractivity (Wildman–Crippen MR) is 165 cm³/mol. The number of hydrogen-bond donors (Lipinski definition) is 0. The molecule has 216 valence electrons. The molecule has 0 aliphatic heterocycles. The predicted octanol–water partition coefficient (Wildman–Crippen LogP) is 9.04. The maximum absolute atomic E-state index is 10.6. The Hall–Kier alpha value is -2.51. The van der Waals surface area contributed by atoms with E-state index >= 15 is 0 Å². The van der Waals surface area contributed by atoms with E-state index in [2.05, 4.69) is 68.3 Å².